The van der Waals surface area contributed by atoms with Crippen molar-refractivity contribution in [3.63, 3.8) is 0 Å². The number of nitrogens with one attached hydrogen (secondary N) is 2. The molecule has 1 saturated carbocycles. The fraction of sp³-hybridized carbons (Fsp3) is 0.606. The Morgan fingerprint density at radius 2 is 1.80 bits per heavy atom. The summed E-state index contributed by atoms with van der Waals surface area (Å²) in [5, 5.41) is 2.75. The molecule has 0 bridgehead atoms. The summed E-state index contributed by atoms with van der Waals surface area (Å²) in [6.45, 7) is 13.1. The Kier molecular flexibility index (Phi) is 10.3. The lowest BCUT2D eigenvalue weighted by molar-refractivity contribution is -0.120. The first kappa shape index (κ1) is 34.1. The van der Waals surface area contributed by atoms with E-state index in [4.69, 9.17) is 9.47 Å². The molecular weight excluding hydrogens is 583 g/mol. The van der Waals surface area contributed by atoms with Gasteiger partial charge in [0.1, 0.15) is 27.7 Å². The van der Waals surface area contributed by atoms with Crippen LogP contribution < -0.4 is 10.0 Å². The number of carbonyl (C=O) groups is 2. The van der Waals surface area contributed by atoms with E-state index in [1.54, 1.807) is 39.1 Å². The maximum absolute atomic E-state index is 15.4. The largest absolute Gasteiger partial charge is 0.598 e. The normalized spacial score (nSPS) is 21.1. The van der Waals surface area contributed by atoms with Crippen LogP contribution in [0, 0.1) is 18.7 Å². The Balaban J connectivity index is 1.73. The van der Waals surface area contributed by atoms with Crippen LogP contribution in [0.3, 0.4) is 0 Å². The van der Waals surface area contributed by atoms with Crippen LogP contribution in [0.1, 0.15) is 90.5 Å². The van der Waals surface area contributed by atoms with E-state index in [1.807, 2.05) is 39.8 Å². The molecule has 2 fully saturated rings. The Hall–Kier alpha value is -2.73. The van der Waals surface area contributed by atoms with E-state index in [0.29, 0.717) is 17.9 Å². The van der Waals surface area contributed by atoms with E-state index < -0.39 is 51.1 Å². The molecule has 2 amide bonds. The minimum Gasteiger partial charge on any atom is -0.598 e. The van der Waals surface area contributed by atoms with Crippen LogP contribution in [0.5, 0.6) is 0 Å². The first-order valence-corrected chi connectivity index (χ1v) is 16.4. The molecule has 1 aliphatic carbocycles. The molecule has 11 heteroatoms. The van der Waals surface area contributed by atoms with Crippen LogP contribution in [0.15, 0.2) is 36.5 Å². The van der Waals surface area contributed by atoms with Crippen molar-refractivity contribution in [1.82, 2.24) is 14.6 Å². The highest BCUT2D eigenvalue weighted by atomic mass is 32.2. The van der Waals surface area contributed by atoms with Gasteiger partial charge in [0.2, 0.25) is 5.91 Å². The Morgan fingerprint density at radius 3 is 2.39 bits per heavy atom. The third kappa shape index (κ3) is 8.29. The van der Waals surface area contributed by atoms with Crippen molar-refractivity contribution in [2.45, 2.75) is 109 Å². The number of carbonyl (C=O) groups excluding carboxylic acids is 2. The molecule has 4 rings (SSSR count). The minimum absolute atomic E-state index is 0.0255. The highest BCUT2D eigenvalue weighted by molar-refractivity contribution is 7.90. The van der Waals surface area contributed by atoms with Crippen molar-refractivity contribution < 1.29 is 28.0 Å². The lowest BCUT2D eigenvalue weighted by Crippen LogP contribution is -2.52. The molecule has 2 heterocycles. The average molecular weight is 631 g/mol. The number of anilines is 1. The third-order valence-corrected chi connectivity index (χ3v) is 9.73. The number of aromatic nitrogens is 1. The van der Waals surface area contributed by atoms with Gasteiger partial charge in [0, 0.05) is 36.8 Å². The van der Waals surface area contributed by atoms with Crippen molar-refractivity contribution in [3.8, 4) is 0 Å². The number of pyridine rings is 1. The summed E-state index contributed by atoms with van der Waals surface area (Å²) >= 11 is -1.48. The van der Waals surface area contributed by atoms with Crippen LogP contribution >= 0.6 is 0 Å². The van der Waals surface area contributed by atoms with Gasteiger partial charge in [-0.1, -0.05) is 18.9 Å². The fourth-order valence-electron chi connectivity index (χ4n) is 5.42. The van der Waals surface area contributed by atoms with Crippen LogP contribution in [-0.4, -0.2) is 62.6 Å². The minimum atomic E-state index is -1.48. The van der Waals surface area contributed by atoms with Gasteiger partial charge in [-0.15, -0.1) is 4.72 Å². The first-order valence-electron chi connectivity index (χ1n) is 15.3. The summed E-state index contributed by atoms with van der Waals surface area (Å²) in [6, 6.07) is 7.57. The number of methoxy groups -OCH3 is 1. The predicted molar refractivity (Wildman–Crippen MR) is 170 cm³/mol. The van der Waals surface area contributed by atoms with Crippen molar-refractivity contribution >= 4 is 29.0 Å². The van der Waals surface area contributed by atoms with Crippen LogP contribution in [0.4, 0.5) is 14.9 Å². The first-order chi connectivity index (χ1) is 20.5. The molecule has 1 unspecified atom stereocenters. The van der Waals surface area contributed by atoms with Crippen LogP contribution in [-0.2, 0) is 31.2 Å². The number of benzene rings is 1. The molecule has 2 aromatic rings. The summed E-state index contributed by atoms with van der Waals surface area (Å²) in [6.07, 6.45) is 4.78. The Labute approximate surface area is 264 Å². The number of nitrogens with zero attached hydrogens (tertiary/aromatic N) is 2. The maximum Gasteiger partial charge on any atom is 0.411 e. The van der Waals surface area contributed by atoms with Crippen LogP contribution in [0.25, 0.3) is 0 Å². The summed E-state index contributed by atoms with van der Waals surface area (Å²) in [7, 11) is 1.53. The summed E-state index contributed by atoms with van der Waals surface area (Å²) in [4.78, 5) is 32.4. The molecule has 2 aliphatic rings. The zero-order valence-electron chi connectivity index (χ0n) is 27.2. The van der Waals surface area contributed by atoms with Crippen molar-refractivity contribution in [3.05, 3.63) is 59.2 Å². The van der Waals surface area contributed by atoms with E-state index >= 15 is 4.39 Å². The molecule has 0 spiro atoms. The highest BCUT2D eigenvalue weighted by Crippen LogP contribution is 2.43. The van der Waals surface area contributed by atoms with Gasteiger partial charge in [0.05, 0.1) is 18.3 Å². The summed E-state index contributed by atoms with van der Waals surface area (Å²) < 4.78 is 43.0. The number of hydrogen-bond donors (Lipinski definition) is 2. The molecule has 2 N–H and O–H groups in total. The van der Waals surface area contributed by atoms with E-state index in [1.165, 1.54) is 18.1 Å². The molecule has 242 valence electrons. The topological polar surface area (TPSA) is 116 Å². The number of hydrogen-bond acceptors (Lipinski definition) is 7. The maximum atomic E-state index is 15.4. The zero-order chi connectivity index (χ0) is 32.4. The van der Waals surface area contributed by atoms with Gasteiger partial charge < -0.3 is 19.3 Å². The standard InChI is InChI=1S/C33H47FN4O5S/c1-21-17-24(14-16-35-21)33(15-13-22-9-10-22,37-44(41)32(5,6)7)23-11-12-26(34)27(18-23)36-29(39)28-19-25(42-8)20-38(28)30(40)43-31(2,3)4/h11-12,14,16-18,22,25,28,37H,9-10,13,15,19-20H2,1-8H3,(H,36,39)/t25-,28-,33?,44-/m1/s1. The van der Waals surface area contributed by atoms with E-state index in [9.17, 15) is 14.1 Å². The lowest BCUT2D eigenvalue weighted by Gasteiger charge is -2.39. The lowest BCUT2D eigenvalue weighted by atomic mass is 9.79. The van der Waals surface area contributed by atoms with E-state index in [2.05, 4.69) is 15.0 Å². The quantitative estimate of drug-likeness (QED) is 0.311. The number of rotatable bonds is 10. The smallest absolute Gasteiger partial charge is 0.411 e. The molecular formula is C33H47FN4O5S. The molecule has 1 aromatic carbocycles. The SMILES string of the molecule is CO[C@@H]1C[C@H](C(=O)Nc2cc(C(CCC3CC3)(N[S@+]([O-])C(C)(C)C)c3ccnc(C)c3)ccc2F)N(C(=O)OC(C)(C)C)C1. The molecule has 1 aromatic heterocycles. The van der Waals surface area contributed by atoms with Crippen molar-refractivity contribution in [2.24, 2.45) is 5.92 Å². The third-order valence-electron chi connectivity index (χ3n) is 8.08. The second-order valence-corrected chi connectivity index (χ2v) is 15.9. The summed E-state index contributed by atoms with van der Waals surface area (Å²) in [5.74, 6) is -0.580. The molecule has 1 saturated heterocycles. The van der Waals surface area contributed by atoms with Gasteiger partial charge >= 0.3 is 6.09 Å². The highest BCUT2D eigenvalue weighted by Gasteiger charge is 2.45. The van der Waals surface area contributed by atoms with Gasteiger partial charge in [0.25, 0.3) is 0 Å². The predicted octanol–water partition coefficient (Wildman–Crippen LogP) is 5.98. The van der Waals surface area contributed by atoms with Gasteiger partial charge in [-0.05, 0) is 103 Å². The van der Waals surface area contributed by atoms with Crippen molar-refractivity contribution in [2.75, 3.05) is 19.0 Å². The molecule has 9 nitrogen and oxygen atoms in total. The average Bonchev–Trinajstić information content (AvgIpc) is 3.66. The number of halogens is 1. The Bertz CT molecular complexity index is 1340. The Morgan fingerprint density at radius 1 is 1.11 bits per heavy atom. The molecule has 0 radical (unpaired) electrons. The molecule has 1 aliphatic heterocycles. The van der Waals surface area contributed by atoms with Gasteiger partial charge in [-0.2, -0.15) is 0 Å². The second-order valence-electron chi connectivity index (χ2n) is 14.0. The number of likely N-dealkylation sites (tertiary alicyclic amines) is 1. The van der Waals surface area contributed by atoms with Gasteiger partial charge in [-0.25, -0.2) is 9.18 Å². The second kappa shape index (κ2) is 13.3. The number of aryl methyl sites for hydroxylation is 1. The van der Waals surface area contributed by atoms with E-state index in [-0.39, 0.29) is 24.8 Å². The van der Waals surface area contributed by atoms with Gasteiger partial charge in [-0.3, -0.25) is 14.7 Å². The summed E-state index contributed by atoms with van der Waals surface area (Å²) in [5.41, 5.74) is 0.610. The number of amides is 2. The van der Waals surface area contributed by atoms with Crippen LogP contribution in [0.2, 0.25) is 0 Å². The fourth-order valence-corrected chi connectivity index (χ4v) is 6.38. The number of ether oxygens (including phenoxy) is 2. The van der Waals surface area contributed by atoms with E-state index in [0.717, 1.165) is 30.5 Å². The van der Waals surface area contributed by atoms with Gasteiger partial charge in [0.15, 0.2) is 0 Å². The zero-order valence-corrected chi connectivity index (χ0v) is 28.0. The van der Waals surface area contributed by atoms with Crippen molar-refractivity contribution in [1.29, 1.82) is 0 Å². The molecule has 44 heavy (non-hydrogen) atoms. The molecule has 4 atom stereocenters. The monoisotopic (exact) mass is 630 g/mol.